The number of hydrogen-bond acceptors (Lipinski definition) is 4. The van der Waals surface area contributed by atoms with E-state index in [1.165, 1.54) is 10.7 Å². The number of hydrogen-bond donors (Lipinski definition) is 0. The summed E-state index contributed by atoms with van der Waals surface area (Å²) in [6.45, 7) is 0. The van der Waals surface area contributed by atoms with Crippen LogP contribution in [0.2, 0.25) is 0 Å². The number of aromatic nitrogens is 2. The van der Waals surface area contributed by atoms with Gasteiger partial charge in [0.2, 0.25) is 10.0 Å². The van der Waals surface area contributed by atoms with Crippen LogP contribution in [0.3, 0.4) is 0 Å². The Kier molecular flexibility index (Phi) is 5.11. The maximum Gasteiger partial charge on any atom is 0.247 e. The molecule has 1 atom stereocenters. The first-order valence-corrected chi connectivity index (χ1v) is 12.2. The zero-order chi connectivity index (χ0) is 22.1. The largest absolute Gasteiger partial charge is 0.247 e. The molecule has 4 aromatic rings. The molecule has 0 bridgehead atoms. The molecular weight excluding hydrogens is 420 g/mol. The smallest absolute Gasteiger partial charge is 0.240 e. The Bertz CT molecular complexity index is 1370. The summed E-state index contributed by atoms with van der Waals surface area (Å²) < 4.78 is 28.2. The lowest BCUT2D eigenvalue weighted by molar-refractivity contribution is 0.375. The van der Waals surface area contributed by atoms with Gasteiger partial charge in [-0.3, -0.25) is 0 Å². The van der Waals surface area contributed by atoms with E-state index in [2.05, 4.69) is 5.10 Å². The summed E-state index contributed by atoms with van der Waals surface area (Å²) in [5, 5.41) is 9.44. The zero-order valence-electron chi connectivity index (χ0n) is 17.5. The van der Waals surface area contributed by atoms with Gasteiger partial charge in [0.1, 0.15) is 5.69 Å². The van der Waals surface area contributed by atoms with Crippen LogP contribution >= 0.6 is 0 Å². The van der Waals surface area contributed by atoms with Crippen molar-refractivity contribution in [3.63, 3.8) is 0 Å². The van der Waals surface area contributed by atoms with Crippen molar-refractivity contribution in [1.29, 1.82) is 0 Å². The van der Waals surface area contributed by atoms with Gasteiger partial charge in [0.05, 0.1) is 23.7 Å². The van der Waals surface area contributed by atoms with E-state index in [0.717, 1.165) is 28.1 Å². The molecule has 1 aromatic heterocycles. The molecule has 0 fully saturated rings. The summed E-state index contributed by atoms with van der Waals surface area (Å²) in [6, 6.07) is 29.0. The van der Waals surface area contributed by atoms with Crippen LogP contribution in [0, 0.1) is 0 Å². The minimum atomic E-state index is -3.54. The van der Waals surface area contributed by atoms with Gasteiger partial charge in [0.15, 0.2) is 0 Å². The summed E-state index contributed by atoms with van der Waals surface area (Å²) in [5.41, 5.74) is 5.09. The SMILES string of the molecule is CS(=O)(=O)N1N=C(c2cn(-c3ccccc3)nc2-c2ccccc2)C[C@H]1c1ccccc1. The highest BCUT2D eigenvalue weighted by molar-refractivity contribution is 7.88. The molecule has 32 heavy (non-hydrogen) atoms. The minimum absolute atomic E-state index is 0.384. The number of hydrazone groups is 1. The predicted octanol–water partition coefficient (Wildman–Crippen LogP) is 4.65. The van der Waals surface area contributed by atoms with Gasteiger partial charge in [-0.25, -0.2) is 13.1 Å². The summed E-state index contributed by atoms with van der Waals surface area (Å²) in [6.07, 6.45) is 3.60. The van der Waals surface area contributed by atoms with Crippen molar-refractivity contribution < 1.29 is 8.42 Å². The third-order valence-electron chi connectivity index (χ3n) is 5.49. The van der Waals surface area contributed by atoms with Crippen LogP contribution in [-0.2, 0) is 10.0 Å². The molecule has 0 N–H and O–H groups in total. The second kappa shape index (κ2) is 8.09. The molecule has 160 valence electrons. The standard InChI is InChI=1S/C25H22N4O2S/c1-32(30,31)29-24(19-11-5-2-6-12-19)17-23(26-29)22-18-28(21-15-9-4-10-16-21)27-25(22)20-13-7-3-8-14-20/h2-16,18,24H,17H2,1H3/t24-/m0/s1. The molecule has 0 amide bonds. The minimum Gasteiger partial charge on any atom is -0.240 e. The van der Waals surface area contributed by atoms with Crippen LogP contribution < -0.4 is 0 Å². The number of nitrogens with zero attached hydrogens (tertiary/aromatic N) is 4. The van der Waals surface area contributed by atoms with Gasteiger partial charge in [-0.2, -0.15) is 14.6 Å². The third kappa shape index (κ3) is 3.83. The molecule has 2 heterocycles. The fraction of sp³-hybridized carbons (Fsp3) is 0.120. The van der Waals surface area contributed by atoms with E-state index in [4.69, 9.17) is 5.10 Å². The van der Waals surface area contributed by atoms with E-state index in [1.54, 1.807) is 0 Å². The second-order valence-corrected chi connectivity index (χ2v) is 9.59. The average molecular weight is 443 g/mol. The Morgan fingerprint density at radius 1 is 0.844 bits per heavy atom. The van der Waals surface area contributed by atoms with Gasteiger partial charge in [0, 0.05) is 23.7 Å². The average Bonchev–Trinajstić information content (AvgIpc) is 3.46. The van der Waals surface area contributed by atoms with Gasteiger partial charge >= 0.3 is 0 Å². The predicted molar refractivity (Wildman–Crippen MR) is 126 cm³/mol. The summed E-state index contributed by atoms with van der Waals surface area (Å²) in [5.74, 6) is 0. The van der Waals surface area contributed by atoms with Crippen LogP contribution in [0.5, 0.6) is 0 Å². The first-order valence-electron chi connectivity index (χ1n) is 10.3. The number of rotatable bonds is 5. The Balaban J connectivity index is 1.64. The lowest BCUT2D eigenvalue weighted by atomic mass is 9.98. The van der Waals surface area contributed by atoms with Crippen molar-refractivity contribution in [2.24, 2.45) is 5.10 Å². The summed E-state index contributed by atoms with van der Waals surface area (Å²) >= 11 is 0. The van der Waals surface area contributed by atoms with Crippen LogP contribution in [0.25, 0.3) is 16.9 Å². The molecule has 0 saturated carbocycles. The van der Waals surface area contributed by atoms with E-state index in [9.17, 15) is 8.42 Å². The quantitative estimate of drug-likeness (QED) is 0.452. The number of sulfonamides is 1. The van der Waals surface area contributed by atoms with Crippen LogP contribution in [0.1, 0.15) is 23.6 Å². The van der Waals surface area contributed by atoms with Crippen molar-refractivity contribution >= 4 is 15.7 Å². The van der Waals surface area contributed by atoms with Crippen LogP contribution in [-0.4, -0.2) is 34.6 Å². The fourth-order valence-corrected chi connectivity index (χ4v) is 4.89. The van der Waals surface area contributed by atoms with Gasteiger partial charge in [-0.05, 0) is 17.7 Å². The number of benzene rings is 3. The third-order valence-corrected chi connectivity index (χ3v) is 6.51. The summed E-state index contributed by atoms with van der Waals surface area (Å²) in [7, 11) is -3.54. The maximum absolute atomic E-state index is 12.6. The molecule has 0 aliphatic carbocycles. The van der Waals surface area contributed by atoms with E-state index >= 15 is 0 Å². The first-order chi connectivity index (χ1) is 15.5. The van der Waals surface area contributed by atoms with Crippen LogP contribution in [0.4, 0.5) is 0 Å². The molecule has 3 aromatic carbocycles. The Morgan fingerprint density at radius 2 is 1.44 bits per heavy atom. The lowest BCUT2D eigenvalue weighted by Gasteiger charge is -2.21. The Hall–Kier alpha value is -3.71. The molecule has 6 nitrogen and oxygen atoms in total. The Morgan fingerprint density at radius 3 is 2.06 bits per heavy atom. The van der Waals surface area contributed by atoms with Crippen molar-refractivity contribution in [3.05, 3.63) is 108 Å². The van der Waals surface area contributed by atoms with Gasteiger partial charge in [0.25, 0.3) is 0 Å². The Labute approximate surface area is 187 Å². The monoisotopic (exact) mass is 442 g/mol. The molecule has 0 radical (unpaired) electrons. The highest BCUT2D eigenvalue weighted by Gasteiger charge is 2.35. The van der Waals surface area contributed by atoms with Crippen LogP contribution in [0.15, 0.2) is 102 Å². The molecule has 0 saturated heterocycles. The molecule has 0 spiro atoms. The molecule has 5 rings (SSSR count). The highest BCUT2D eigenvalue weighted by Crippen LogP contribution is 2.36. The van der Waals surface area contributed by atoms with Gasteiger partial charge in [-0.15, -0.1) is 0 Å². The molecule has 7 heteroatoms. The first kappa shape index (κ1) is 20.2. The van der Waals surface area contributed by atoms with Crippen molar-refractivity contribution in [2.75, 3.05) is 6.26 Å². The molecule has 1 aliphatic heterocycles. The summed E-state index contributed by atoms with van der Waals surface area (Å²) in [4.78, 5) is 0. The maximum atomic E-state index is 12.6. The van der Waals surface area contributed by atoms with E-state index in [0.29, 0.717) is 12.1 Å². The normalized spacial score (nSPS) is 16.2. The van der Waals surface area contributed by atoms with E-state index in [-0.39, 0.29) is 6.04 Å². The number of para-hydroxylation sites is 1. The molecular formula is C25H22N4O2S. The topological polar surface area (TPSA) is 67.6 Å². The van der Waals surface area contributed by atoms with Gasteiger partial charge < -0.3 is 0 Å². The zero-order valence-corrected chi connectivity index (χ0v) is 18.4. The second-order valence-electron chi connectivity index (χ2n) is 7.75. The van der Waals surface area contributed by atoms with E-state index < -0.39 is 10.0 Å². The van der Waals surface area contributed by atoms with E-state index in [1.807, 2.05) is 102 Å². The van der Waals surface area contributed by atoms with Crippen molar-refractivity contribution in [1.82, 2.24) is 14.2 Å². The lowest BCUT2D eigenvalue weighted by Crippen LogP contribution is -2.25. The van der Waals surface area contributed by atoms with Crippen molar-refractivity contribution in [3.8, 4) is 16.9 Å². The van der Waals surface area contributed by atoms with Gasteiger partial charge in [-0.1, -0.05) is 78.9 Å². The molecule has 0 unspecified atom stereocenters. The fourth-order valence-electron chi connectivity index (χ4n) is 3.99. The molecule has 1 aliphatic rings. The highest BCUT2D eigenvalue weighted by atomic mass is 32.2. The van der Waals surface area contributed by atoms with Crippen molar-refractivity contribution in [2.45, 2.75) is 12.5 Å².